The molecule has 1 heterocycles. The summed E-state index contributed by atoms with van der Waals surface area (Å²) in [6.45, 7) is 7.00. The van der Waals surface area contributed by atoms with E-state index in [-0.39, 0.29) is 16.5 Å². The van der Waals surface area contributed by atoms with Crippen molar-refractivity contribution in [2.24, 2.45) is 0 Å². The summed E-state index contributed by atoms with van der Waals surface area (Å²) >= 11 is 0. The summed E-state index contributed by atoms with van der Waals surface area (Å²) in [4.78, 5) is 10.0. The molecule has 0 saturated carbocycles. The van der Waals surface area contributed by atoms with Crippen molar-refractivity contribution in [2.75, 3.05) is 29.5 Å². The number of hydrogen-bond donors (Lipinski definition) is 1. The molecular weight excluding hydrogens is 240 g/mol. The summed E-state index contributed by atoms with van der Waals surface area (Å²) in [7, 11) is -3.35. The highest BCUT2D eigenvalue weighted by molar-refractivity contribution is 7.91. The number of anilines is 2. The zero-order valence-corrected chi connectivity index (χ0v) is 11.2. The van der Waals surface area contributed by atoms with E-state index in [9.17, 15) is 8.42 Å². The Balaban J connectivity index is 3.19. The van der Waals surface area contributed by atoms with E-state index in [0.717, 1.165) is 13.1 Å². The van der Waals surface area contributed by atoms with Gasteiger partial charge < -0.3 is 10.6 Å². The van der Waals surface area contributed by atoms with E-state index in [4.69, 9.17) is 5.73 Å². The number of nitrogens with two attached hydrogens (primary N) is 1. The third-order valence-electron chi connectivity index (χ3n) is 2.53. The van der Waals surface area contributed by atoms with E-state index in [0.29, 0.717) is 5.95 Å². The second kappa shape index (κ2) is 5.31. The predicted molar refractivity (Wildman–Crippen MR) is 67.7 cm³/mol. The van der Waals surface area contributed by atoms with Crippen LogP contribution in [-0.4, -0.2) is 37.2 Å². The maximum atomic E-state index is 11.7. The Hall–Kier alpha value is -1.37. The second-order valence-corrected chi connectivity index (χ2v) is 5.74. The average molecular weight is 258 g/mol. The number of aromatic nitrogens is 2. The van der Waals surface area contributed by atoms with Gasteiger partial charge in [0.25, 0.3) is 0 Å². The molecule has 0 spiro atoms. The molecule has 0 radical (unpaired) electrons. The van der Waals surface area contributed by atoms with Gasteiger partial charge in [0.1, 0.15) is 10.7 Å². The maximum absolute atomic E-state index is 11.7. The van der Waals surface area contributed by atoms with Gasteiger partial charge in [-0.2, -0.15) is 4.98 Å². The van der Waals surface area contributed by atoms with E-state index in [1.165, 1.54) is 6.20 Å². The Morgan fingerprint density at radius 1 is 1.29 bits per heavy atom. The van der Waals surface area contributed by atoms with E-state index in [2.05, 4.69) is 9.97 Å². The molecule has 0 bridgehead atoms. The molecular formula is C10H18N4O2S. The van der Waals surface area contributed by atoms with Crippen LogP contribution in [0, 0.1) is 0 Å². The third-order valence-corrected chi connectivity index (χ3v) is 4.28. The minimum absolute atomic E-state index is 0.00875. The fourth-order valence-electron chi connectivity index (χ4n) is 1.43. The van der Waals surface area contributed by atoms with Gasteiger partial charge in [0, 0.05) is 13.1 Å². The first kappa shape index (κ1) is 13.7. The summed E-state index contributed by atoms with van der Waals surface area (Å²) < 4.78 is 23.3. The highest BCUT2D eigenvalue weighted by atomic mass is 32.2. The Kier molecular flexibility index (Phi) is 4.28. The average Bonchev–Trinajstić information content (AvgIpc) is 2.30. The van der Waals surface area contributed by atoms with Crippen molar-refractivity contribution in [3.05, 3.63) is 6.20 Å². The molecule has 0 aromatic carbocycles. The molecule has 6 nitrogen and oxygen atoms in total. The molecule has 0 aliphatic heterocycles. The number of nitrogen functional groups attached to an aromatic ring is 1. The molecule has 1 rings (SSSR count). The van der Waals surface area contributed by atoms with Gasteiger partial charge in [-0.3, -0.25) is 0 Å². The normalized spacial score (nSPS) is 11.5. The standard InChI is InChI=1S/C10H18N4O2S/c1-4-14(5-2)10-12-7-8(9(11)13-10)17(15,16)6-3/h7H,4-6H2,1-3H3,(H2,11,12,13). The first-order chi connectivity index (χ1) is 7.96. The zero-order valence-electron chi connectivity index (χ0n) is 10.3. The Morgan fingerprint density at radius 2 is 1.88 bits per heavy atom. The summed E-state index contributed by atoms with van der Waals surface area (Å²) in [5.74, 6) is 0.469. The van der Waals surface area contributed by atoms with E-state index in [1.807, 2.05) is 18.7 Å². The topological polar surface area (TPSA) is 89.2 Å². The Labute approximate surface area is 102 Å². The van der Waals surface area contributed by atoms with Gasteiger partial charge in [-0.25, -0.2) is 13.4 Å². The third kappa shape index (κ3) is 2.85. The molecule has 1 aromatic heterocycles. The zero-order chi connectivity index (χ0) is 13.1. The fourth-order valence-corrected chi connectivity index (χ4v) is 2.32. The summed E-state index contributed by atoms with van der Waals surface area (Å²) in [5.41, 5.74) is 5.67. The van der Waals surface area contributed by atoms with Crippen LogP contribution < -0.4 is 10.6 Å². The van der Waals surface area contributed by atoms with Crippen LogP contribution in [0.1, 0.15) is 20.8 Å². The number of sulfone groups is 1. The molecule has 1 aromatic rings. The Bertz CT molecular complexity index is 483. The quantitative estimate of drug-likeness (QED) is 0.836. The van der Waals surface area contributed by atoms with Gasteiger partial charge >= 0.3 is 0 Å². The first-order valence-electron chi connectivity index (χ1n) is 5.56. The fraction of sp³-hybridized carbons (Fsp3) is 0.600. The van der Waals surface area contributed by atoms with Crippen LogP contribution in [0.2, 0.25) is 0 Å². The molecule has 0 saturated heterocycles. The van der Waals surface area contributed by atoms with E-state index in [1.54, 1.807) is 6.92 Å². The van der Waals surface area contributed by atoms with Crippen molar-refractivity contribution >= 4 is 21.6 Å². The van der Waals surface area contributed by atoms with Gasteiger partial charge in [0.2, 0.25) is 5.95 Å². The van der Waals surface area contributed by atoms with Crippen LogP contribution in [0.25, 0.3) is 0 Å². The summed E-state index contributed by atoms with van der Waals surface area (Å²) in [6.07, 6.45) is 1.29. The molecule has 0 fully saturated rings. The molecule has 0 aliphatic rings. The lowest BCUT2D eigenvalue weighted by Gasteiger charge is -2.18. The van der Waals surface area contributed by atoms with E-state index >= 15 is 0 Å². The maximum Gasteiger partial charge on any atom is 0.227 e. The van der Waals surface area contributed by atoms with Crippen LogP contribution in [0.4, 0.5) is 11.8 Å². The van der Waals surface area contributed by atoms with Crippen molar-refractivity contribution in [1.29, 1.82) is 0 Å². The van der Waals surface area contributed by atoms with Gasteiger partial charge in [0.05, 0.1) is 11.9 Å². The van der Waals surface area contributed by atoms with Crippen molar-refractivity contribution in [3.63, 3.8) is 0 Å². The SMILES string of the molecule is CCN(CC)c1ncc(S(=O)(=O)CC)c(N)n1. The van der Waals surface area contributed by atoms with Crippen LogP contribution >= 0.6 is 0 Å². The number of nitrogens with zero attached hydrogens (tertiary/aromatic N) is 3. The first-order valence-corrected chi connectivity index (χ1v) is 7.21. The van der Waals surface area contributed by atoms with Crippen molar-refractivity contribution < 1.29 is 8.42 Å². The van der Waals surface area contributed by atoms with Crippen LogP contribution in [0.3, 0.4) is 0 Å². The van der Waals surface area contributed by atoms with Crippen LogP contribution in [-0.2, 0) is 9.84 Å². The van der Waals surface area contributed by atoms with Crippen molar-refractivity contribution in [2.45, 2.75) is 25.7 Å². The van der Waals surface area contributed by atoms with Gasteiger partial charge in [-0.1, -0.05) is 6.92 Å². The second-order valence-electron chi connectivity index (χ2n) is 3.50. The number of rotatable bonds is 5. The minimum atomic E-state index is -3.35. The highest BCUT2D eigenvalue weighted by Gasteiger charge is 2.18. The van der Waals surface area contributed by atoms with Crippen LogP contribution in [0.5, 0.6) is 0 Å². The number of hydrogen-bond acceptors (Lipinski definition) is 6. The molecule has 2 N–H and O–H groups in total. The Morgan fingerprint density at radius 3 is 2.29 bits per heavy atom. The van der Waals surface area contributed by atoms with Crippen LogP contribution in [0.15, 0.2) is 11.1 Å². The molecule has 96 valence electrons. The molecule has 0 atom stereocenters. The molecule has 0 aliphatic carbocycles. The summed E-state index contributed by atoms with van der Waals surface area (Å²) in [6, 6.07) is 0. The van der Waals surface area contributed by atoms with Crippen molar-refractivity contribution in [3.8, 4) is 0 Å². The summed E-state index contributed by atoms with van der Waals surface area (Å²) in [5, 5.41) is 0. The van der Waals surface area contributed by atoms with Gasteiger partial charge in [-0.15, -0.1) is 0 Å². The largest absolute Gasteiger partial charge is 0.382 e. The molecule has 0 amide bonds. The highest BCUT2D eigenvalue weighted by Crippen LogP contribution is 2.19. The van der Waals surface area contributed by atoms with Crippen molar-refractivity contribution in [1.82, 2.24) is 9.97 Å². The lowest BCUT2D eigenvalue weighted by atomic mass is 10.5. The van der Waals surface area contributed by atoms with E-state index < -0.39 is 9.84 Å². The van der Waals surface area contributed by atoms with Gasteiger partial charge in [0.15, 0.2) is 9.84 Å². The molecule has 7 heteroatoms. The smallest absolute Gasteiger partial charge is 0.227 e. The lowest BCUT2D eigenvalue weighted by molar-refractivity contribution is 0.597. The predicted octanol–water partition coefficient (Wildman–Crippen LogP) is 0.699. The van der Waals surface area contributed by atoms with Gasteiger partial charge in [-0.05, 0) is 13.8 Å². The molecule has 0 unspecified atom stereocenters. The monoisotopic (exact) mass is 258 g/mol. The lowest BCUT2D eigenvalue weighted by Crippen LogP contribution is -2.25. The molecule has 17 heavy (non-hydrogen) atoms. The minimum Gasteiger partial charge on any atom is -0.382 e.